The second-order valence-corrected chi connectivity index (χ2v) is 8.50. The van der Waals surface area contributed by atoms with Crippen molar-refractivity contribution in [3.63, 3.8) is 0 Å². The number of carbonyl (C=O) groups is 2. The quantitative estimate of drug-likeness (QED) is 0.422. The number of thiazole rings is 1. The van der Waals surface area contributed by atoms with Crippen molar-refractivity contribution in [1.29, 1.82) is 0 Å². The highest BCUT2D eigenvalue weighted by Crippen LogP contribution is 2.33. The number of methoxy groups -OCH3 is 1. The maximum absolute atomic E-state index is 12.8. The Morgan fingerprint density at radius 3 is 2.56 bits per heavy atom. The van der Waals surface area contributed by atoms with Gasteiger partial charge in [-0.1, -0.05) is 12.1 Å². The van der Waals surface area contributed by atoms with E-state index < -0.39 is 10.8 Å². The fourth-order valence-corrected chi connectivity index (χ4v) is 4.53. The van der Waals surface area contributed by atoms with Crippen LogP contribution in [0.2, 0.25) is 0 Å². The van der Waals surface area contributed by atoms with Crippen LogP contribution < -0.4 is 15.0 Å². The van der Waals surface area contributed by atoms with Crippen LogP contribution in [0.1, 0.15) is 17.3 Å². The molecule has 1 aliphatic rings. The van der Waals surface area contributed by atoms with E-state index in [1.807, 2.05) is 29.2 Å². The first kappa shape index (κ1) is 23.2. The van der Waals surface area contributed by atoms with Crippen molar-refractivity contribution in [3.8, 4) is 17.0 Å². The molecule has 1 aromatic heterocycles. The maximum atomic E-state index is 12.8. The lowest BCUT2D eigenvalue weighted by Gasteiger charge is -2.35. The molecule has 1 saturated heterocycles. The van der Waals surface area contributed by atoms with E-state index in [4.69, 9.17) is 4.74 Å². The van der Waals surface area contributed by atoms with E-state index in [-0.39, 0.29) is 17.2 Å². The minimum atomic E-state index is -0.493. The average Bonchev–Trinajstić information content (AvgIpc) is 3.31. The highest BCUT2D eigenvalue weighted by molar-refractivity contribution is 7.14. The Morgan fingerprint density at radius 1 is 1.15 bits per heavy atom. The maximum Gasteiger partial charge on any atom is 0.293 e. The van der Waals surface area contributed by atoms with Gasteiger partial charge in [-0.05, 0) is 24.3 Å². The van der Waals surface area contributed by atoms with Crippen LogP contribution in [-0.2, 0) is 4.79 Å². The van der Waals surface area contributed by atoms with Crippen LogP contribution in [0.25, 0.3) is 11.3 Å². The topological polar surface area (TPSA) is 118 Å². The Morgan fingerprint density at radius 2 is 1.88 bits per heavy atom. The van der Waals surface area contributed by atoms with Gasteiger partial charge in [0.2, 0.25) is 5.91 Å². The van der Waals surface area contributed by atoms with Gasteiger partial charge >= 0.3 is 0 Å². The molecule has 11 heteroatoms. The number of piperazine rings is 1. The molecule has 3 aromatic rings. The van der Waals surface area contributed by atoms with Gasteiger partial charge in [-0.15, -0.1) is 11.3 Å². The van der Waals surface area contributed by atoms with E-state index in [9.17, 15) is 19.7 Å². The minimum absolute atomic E-state index is 0.0165. The molecular formula is C23H23N5O5S. The Labute approximate surface area is 199 Å². The van der Waals surface area contributed by atoms with Gasteiger partial charge in [0.1, 0.15) is 11.4 Å². The largest absolute Gasteiger partial charge is 0.496 e. The van der Waals surface area contributed by atoms with Gasteiger partial charge in [0.25, 0.3) is 11.6 Å². The number of benzene rings is 2. The summed E-state index contributed by atoms with van der Waals surface area (Å²) in [6, 6.07) is 11.8. The van der Waals surface area contributed by atoms with Gasteiger partial charge in [-0.3, -0.25) is 25.0 Å². The van der Waals surface area contributed by atoms with E-state index >= 15 is 0 Å². The number of nitro groups is 1. The zero-order valence-electron chi connectivity index (χ0n) is 18.7. The summed E-state index contributed by atoms with van der Waals surface area (Å²) in [4.78, 5) is 43.6. The molecule has 2 aromatic carbocycles. The molecule has 0 spiro atoms. The number of ether oxygens (including phenoxy) is 1. The fraction of sp³-hybridized carbons (Fsp3) is 0.261. The first-order chi connectivity index (χ1) is 16.4. The molecule has 2 amide bonds. The molecule has 0 radical (unpaired) electrons. The summed E-state index contributed by atoms with van der Waals surface area (Å²) in [5.74, 6) is 0.162. The molecule has 4 rings (SSSR count). The summed E-state index contributed by atoms with van der Waals surface area (Å²) < 4.78 is 5.36. The number of nitro benzene ring substituents is 1. The summed E-state index contributed by atoms with van der Waals surface area (Å²) in [7, 11) is 1.58. The van der Waals surface area contributed by atoms with Crippen LogP contribution in [0.15, 0.2) is 47.8 Å². The highest BCUT2D eigenvalue weighted by Gasteiger charge is 2.26. The summed E-state index contributed by atoms with van der Waals surface area (Å²) >= 11 is 1.25. The van der Waals surface area contributed by atoms with Crippen molar-refractivity contribution in [2.45, 2.75) is 6.92 Å². The van der Waals surface area contributed by atoms with Crippen LogP contribution in [-0.4, -0.2) is 59.9 Å². The number of hydrogen-bond donors (Lipinski definition) is 1. The van der Waals surface area contributed by atoms with Gasteiger partial charge in [-0.25, -0.2) is 4.98 Å². The third-order valence-corrected chi connectivity index (χ3v) is 6.37. The van der Waals surface area contributed by atoms with Crippen molar-refractivity contribution >= 4 is 39.7 Å². The third kappa shape index (κ3) is 4.84. The van der Waals surface area contributed by atoms with Gasteiger partial charge in [0.15, 0.2) is 5.13 Å². The van der Waals surface area contributed by atoms with Crippen LogP contribution in [0.4, 0.5) is 16.5 Å². The molecular weight excluding hydrogens is 458 g/mol. The number of aromatic nitrogens is 1. The van der Waals surface area contributed by atoms with E-state index in [1.54, 1.807) is 29.5 Å². The van der Waals surface area contributed by atoms with Crippen LogP contribution in [0.5, 0.6) is 5.75 Å². The molecule has 2 heterocycles. The summed E-state index contributed by atoms with van der Waals surface area (Å²) in [5.41, 5.74) is 1.89. The molecule has 34 heavy (non-hydrogen) atoms. The Kier molecular flexibility index (Phi) is 6.73. The van der Waals surface area contributed by atoms with Gasteiger partial charge < -0.3 is 14.5 Å². The van der Waals surface area contributed by atoms with Gasteiger partial charge in [-0.2, -0.15) is 0 Å². The van der Waals surface area contributed by atoms with Crippen LogP contribution in [0.3, 0.4) is 0 Å². The standard InChI is InChI=1S/C23H23N5O5S/c1-15(29)26-9-11-27(12-10-26)19-8-7-16(13-20(19)28(31)32)22(30)25-23-24-18(14-34-23)17-5-3-4-6-21(17)33-2/h3-8,13-14H,9-12H2,1-2H3,(H,24,25,30). The minimum Gasteiger partial charge on any atom is -0.496 e. The molecule has 0 bridgehead atoms. The first-order valence-corrected chi connectivity index (χ1v) is 11.4. The normalized spacial score (nSPS) is 13.5. The summed E-state index contributed by atoms with van der Waals surface area (Å²) in [6.45, 7) is 3.46. The van der Waals surface area contributed by atoms with E-state index in [2.05, 4.69) is 10.3 Å². The molecule has 10 nitrogen and oxygen atoms in total. The van der Waals surface area contributed by atoms with E-state index in [0.29, 0.717) is 48.4 Å². The Balaban J connectivity index is 1.51. The first-order valence-electron chi connectivity index (χ1n) is 10.6. The second-order valence-electron chi connectivity index (χ2n) is 7.65. The van der Waals surface area contributed by atoms with Crippen molar-refractivity contribution in [2.24, 2.45) is 0 Å². The Bertz CT molecular complexity index is 1240. The van der Waals surface area contributed by atoms with E-state index in [1.165, 1.54) is 24.3 Å². The molecule has 0 atom stereocenters. The molecule has 0 aliphatic carbocycles. The van der Waals surface area contributed by atoms with Crippen LogP contribution >= 0.6 is 11.3 Å². The Hall–Kier alpha value is -3.99. The predicted octanol–water partition coefficient (Wildman–Crippen LogP) is 3.65. The summed E-state index contributed by atoms with van der Waals surface area (Å²) in [6.07, 6.45) is 0. The number of anilines is 2. The lowest BCUT2D eigenvalue weighted by molar-refractivity contribution is -0.384. The number of amides is 2. The molecule has 1 N–H and O–H groups in total. The predicted molar refractivity (Wildman–Crippen MR) is 130 cm³/mol. The second kappa shape index (κ2) is 9.87. The summed E-state index contributed by atoms with van der Waals surface area (Å²) in [5, 5.41) is 16.6. The lowest BCUT2D eigenvalue weighted by Crippen LogP contribution is -2.48. The molecule has 1 aliphatic heterocycles. The monoisotopic (exact) mass is 481 g/mol. The van der Waals surface area contributed by atoms with Crippen molar-refractivity contribution in [1.82, 2.24) is 9.88 Å². The van der Waals surface area contributed by atoms with Crippen molar-refractivity contribution in [3.05, 3.63) is 63.5 Å². The molecule has 0 unspecified atom stereocenters. The molecule has 176 valence electrons. The van der Waals surface area contributed by atoms with Gasteiger partial charge in [0.05, 0.1) is 17.7 Å². The third-order valence-electron chi connectivity index (χ3n) is 5.61. The smallest absolute Gasteiger partial charge is 0.293 e. The number of carbonyl (C=O) groups excluding carboxylic acids is 2. The molecule has 1 fully saturated rings. The van der Waals surface area contributed by atoms with Crippen LogP contribution in [0, 0.1) is 10.1 Å². The number of nitrogens with one attached hydrogen (secondary N) is 1. The van der Waals surface area contributed by atoms with E-state index in [0.717, 1.165) is 5.56 Å². The number of rotatable bonds is 6. The molecule has 0 saturated carbocycles. The average molecular weight is 482 g/mol. The fourth-order valence-electron chi connectivity index (χ4n) is 3.82. The highest BCUT2D eigenvalue weighted by atomic mass is 32.1. The number of nitrogens with zero attached hydrogens (tertiary/aromatic N) is 4. The SMILES string of the molecule is COc1ccccc1-c1csc(NC(=O)c2ccc(N3CCN(C(C)=O)CC3)c([N+](=O)[O-])c2)n1. The zero-order chi connectivity index (χ0) is 24.2. The number of para-hydroxylation sites is 1. The van der Waals surface area contributed by atoms with Crippen molar-refractivity contribution in [2.75, 3.05) is 43.5 Å². The number of hydrogen-bond acceptors (Lipinski definition) is 8. The zero-order valence-corrected chi connectivity index (χ0v) is 19.5. The van der Waals surface area contributed by atoms with Gasteiger partial charge in [0, 0.05) is 55.7 Å². The van der Waals surface area contributed by atoms with Crippen molar-refractivity contribution < 1.29 is 19.2 Å². The lowest BCUT2D eigenvalue weighted by atomic mass is 10.1.